The summed E-state index contributed by atoms with van der Waals surface area (Å²) < 4.78 is 0. The molecule has 2 aromatic rings. The van der Waals surface area contributed by atoms with Gasteiger partial charge in [-0.2, -0.15) is 0 Å². The Morgan fingerprint density at radius 1 is 1.28 bits per heavy atom. The van der Waals surface area contributed by atoms with Gasteiger partial charge in [0.15, 0.2) is 12.1 Å². The van der Waals surface area contributed by atoms with Crippen molar-refractivity contribution in [2.75, 3.05) is 0 Å². The monoisotopic (exact) mass is 241 g/mol. The summed E-state index contributed by atoms with van der Waals surface area (Å²) in [5.41, 5.74) is 2.67. The zero-order valence-electron chi connectivity index (χ0n) is 9.64. The molecule has 0 unspecified atom stereocenters. The zero-order valence-corrected chi connectivity index (χ0v) is 9.64. The molecule has 5 nitrogen and oxygen atoms in total. The van der Waals surface area contributed by atoms with E-state index in [-0.39, 0.29) is 5.56 Å². The molecule has 0 saturated heterocycles. The molecule has 1 N–H and O–H groups in total. The summed E-state index contributed by atoms with van der Waals surface area (Å²) in [6.07, 6.45) is 4.83. The molecule has 1 aliphatic carbocycles. The SMILES string of the molecule is O=Cc1ccc(-c2nc3c(c(=O)[nH]2)CCC3)nc1. The molecule has 0 fully saturated rings. The highest BCUT2D eigenvalue weighted by atomic mass is 16.1. The predicted molar refractivity (Wildman–Crippen MR) is 65.5 cm³/mol. The Morgan fingerprint density at radius 2 is 2.17 bits per heavy atom. The number of fused-ring (bicyclic) bond motifs is 1. The highest BCUT2D eigenvalue weighted by Crippen LogP contribution is 2.18. The van der Waals surface area contributed by atoms with Crippen molar-refractivity contribution in [1.82, 2.24) is 15.0 Å². The van der Waals surface area contributed by atoms with Crippen LogP contribution >= 0.6 is 0 Å². The van der Waals surface area contributed by atoms with E-state index in [2.05, 4.69) is 15.0 Å². The highest BCUT2D eigenvalue weighted by Gasteiger charge is 2.17. The number of aryl methyl sites for hydroxylation is 1. The van der Waals surface area contributed by atoms with Crippen LogP contribution in [0.4, 0.5) is 0 Å². The van der Waals surface area contributed by atoms with Gasteiger partial charge < -0.3 is 4.98 Å². The minimum absolute atomic E-state index is 0.0752. The van der Waals surface area contributed by atoms with Crippen molar-refractivity contribution in [2.24, 2.45) is 0 Å². The third kappa shape index (κ3) is 1.73. The molecule has 18 heavy (non-hydrogen) atoms. The smallest absolute Gasteiger partial charge is 0.254 e. The lowest BCUT2D eigenvalue weighted by atomic mass is 10.2. The lowest BCUT2D eigenvalue weighted by Gasteiger charge is -2.03. The van der Waals surface area contributed by atoms with E-state index in [9.17, 15) is 9.59 Å². The van der Waals surface area contributed by atoms with E-state index in [1.54, 1.807) is 12.1 Å². The Kier molecular flexibility index (Phi) is 2.51. The fourth-order valence-electron chi connectivity index (χ4n) is 2.18. The summed E-state index contributed by atoms with van der Waals surface area (Å²) in [5, 5.41) is 0. The number of aromatic nitrogens is 3. The largest absolute Gasteiger partial charge is 0.305 e. The van der Waals surface area contributed by atoms with Crippen LogP contribution in [0.3, 0.4) is 0 Å². The molecular formula is C13H11N3O2. The van der Waals surface area contributed by atoms with E-state index in [0.717, 1.165) is 36.8 Å². The number of nitrogens with one attached hydrogen (secondary N) is 1. The van der Waals surface area contributed by atoms with Gasteiger partial charge in [-0.25, -0.2) is 4.98 Å². The average molecular weight is 241 g/mol. The van der Waals surface area contributed by atoms with Crippen molar-refractivity contribution >= 4 is 6.29 Å². The van der Waals surface area contributed by atoms with Crippen LogP contribution in [0.15, 0.2) is 23.1 Å². The Bertz CT molecular complexity index is 659. The molecule has 0 atom stereocenters. The van der Waals surface area contributed by atoms with Crippen LogP contribution in [0, 0.1) is 0 Å². The van der Waals surface area contributed by atoms with Gasteiger partial charge in [0.25, 0.3) is 5.56 Å². The lowest BCUT2D eigenvalue weighted by molar-refractivity contribution is 0.112. The minimum atomic E-state index is -0.0752. The third-order valence-corrected chi connectivity index (χ3v) is 3.11. The van der Waals surface area contributed by atoms with E-state index < -0.39 is 0 Å². The Labute approximate surface area is 103 Å². The molecule has 0 amide bonds. The Hall–Kier alpha value is -2.30. The first-order valence-corrected chi connectivity index (χ1v) is 5.81. The summed E-state index contributed by atoms with van der Waals surface area (Å²) in [4.78, 5) is 33.7. The maximum Gasteiger partial charge on any atom is 0.254 e. The van der Waals surface area contributed by atoms with Gasteiger partial charge in [-0.05, 0) is 31.4 Å². The number of aromatic amines is 1. The van der Waals surface area contributed by atoms with E-state index in [1.807, 2.05) is 0 Å². The van der Waals surface area contributed by atoms with Crippen LogP contribution in [0.1, 0.15) is 28.0 Å². The van der Waals surface area contributed by atoms with E-state index >= 15 is 0 Å². The van der Waals surface area contributed by atoms with Gasteiger partial charge in [0.05, 0.1) is 5.69 Å². The van der Waals surface area contributed by atoms with Gasteiger partial charge in [0.2, 0.25) is 0 Å². The number of aldehydes is 1. The summed E-state index contributed by atoms with van der Waals surface area (Å²) in [7, 11) is 0. The number of carbonyl (C=O) groups excluding carboxylic acids is 1. The molecule has 0 spiro atoms. The molecule has 90 valence electrons. The molecule has 0 bridgehead atoms. The Morgan fingerprint density at radius 3 is 2.89 bits per heavy atom. The molecule has 0 aromatic carbocycles. The van der Waals surface area contributed by atoms with E-state index in [1.165, 1.54) is 6.20 Å². The molecule has 0 radical (unpaired) electrons. The van der Waals surface area contributed by atoms with Crippen LogP contribution < -0.4 is 5.56 Å². The standard InChI is InChI=1S/C13H11N3O2/c17-7-8-4-5-11(14-6-8)12-15-10-3-1-2-9(10)13(18)16-12/h4-7H,1-3H2,(H,15,16,18). The third-order valence-electron chi connectivity index (χ3n) is 3.11. The average Bonchev–Trinajstić information content (AvgIpc) is 2.88. The maximum atomic E-state index is 11.8. The lowest BCUT2D eigenvalue weighted by Crippen LogP contribution is -2.15. The number of carbonyl (C=O) groups is 1. The number of H-pyrrole nitrogens is 1. The molecule has 5 heteroatoms. The van der Waals surface area contributed by atoms with Crippen LogP contribution in [-0.4, -0.2) is 21.2 Å². The number of hydrogen-bond acceptors (Lipinski definition) is 4. The summed E-state index contributed by atoms with van der Waals surface area (Å²) in [6, 6.07) is 3.34. The number of hydrogen-bond donors (Lipinski definition) is 1. The number of pyridine rings is 1. The second kappa shape index (κ2) is 4.18. The predicted octanol–water partition coefficient (Wildman–Crippen LogP) is 1.13. The van der Waals surface area contributed by atoms with Crippen LogP contribution in [0.2, 0.25) is 0 Å². The fourth-order valence-corrected chi connectivity index (χ4v) is 2.18. The molecule has 1 aliphatic rings. The first-order valence-electron chi connectivity index (χ1n) is 5.81. The van der Waals surface area contributed by atoms with Crippen molar-refractivity contribution in [3.8, 4) is 11.5 Å². The van der Waals surface area contributed by atoms with Gasteiger partial charge in [0.1, 0.15) is 5.69 Å². The molecule has 2 heterocycles. The van der Waals surface area contributed by atoms with Gasteiger partial charge in [-0.1, -0.05) is 0 Å². The summed E-state index contributed by atoms with van der Waals surface area (Å²) >= 11 is 0. The van der Waals surface area contributed by atoms with Crippen molar-refractivity contribution in [3.63, 3.8) is 0 Å². The molecule has 0 aliphatic heterocycles. The zero-order chi connectivity index (χ0) is 12.5. The van der Waals surface area contributed by atoms with Crippen LogP contribution in [0.25, 0.3) is 11.5 Å². The molecule has 2 aromatic heterocycles. The van der Waals surface area contributed by atoms with Gasteiger partial charge in [-0.15, -0.1) is 0 Å². The molecule has 3 rings (SSSR count). The Balaban J connectivity index is 2.09. The second-order valence-corrected chi connectivity index (χ2v) is 4.29. The quantitative estimate of drug-likeness (QED) is 0.800. The van der Waals surface area contributed by atoms with Crippen molar-refractivity contribution in [1.29, 1.82) is 0 Å². The summed E-state index contributed by atoms with van der Waals surface area (Å²) in [5.74, 6) is 0.470. The van der Waals surface area contributed by atoms with Gasteiger partial charge in [0, 0.05) is 17.3 Å². The normalized spacial score (nSPS) is 13.3. The highest BCUT2D eigenvalue weighted by molar-refractivity contribution is 5.74. The second-order valence-electron chi connectivity index (χ2n) is 4.29. The van der Waals surface area contributed by atoms with Crippen LogP contribution in [0.5, 0.6) is 0 Å². The van der Waals surface area contributed by atoms with Crippen molar-refractivity contribution < 1.29 is 4.79 Å². The topological polar surface area (TPSA) is 75.7 Å². The van der Waals surface area contributed by atoms with Crippen LogP contribution in [-0.2, 0) is 12.8 Å². The molecule has 0 saturated carbocycles. The summed E-state index contributed by atoms with van der Waals surface area (Å²) in [6.45, 7) is 0. The maximum absolute atomic E-state index is 11.8. The number of rotatable bonds is 2. The number of nitrogens with zero attached hydrogens (tertiary/aromatic N) is 2. The van der Waals surface area contributed by atoms with Crippen molar-refractivity contribution in [2.45, 2.75) is 19.3 Å². The molecular weight excluding hydrogens is 230 g/mol. The van der Waals surface area contributed by atoms with E-state index in [4.69, 9.17) is 0 Å². The first kappa shape index (κ1) is 10.8. The van der Waals surface area contributed by atoms with Gasteiger partial charge in [-0.3, -0.25) is 14.6 Å². The van der Waals surface area contributed by atoms with Crippen molar-refractivity contribution in [3.05, 3.63) is 45.5 Å². The fraction of sp³-hybridized carbons (Fsp3) is 0.231. The van der Waals surface area contributed by atoms with Gasteiger partial charge >= 0.3 is 0 Å². The first-order chi connectivity index (χ1) is 8.78. The minimum Gasteiger partial charge on any atom is -0.305 e. The van der Waals surface area contributed by atoms with E-state index in [0.29, 0.717) is 17.1 Å².